The highest BCUT2D eigenvalue weighted by atomic mass is 35.5. The highest BCUT2D eigenvalue weighted by Gasteiger charge is 2.09. The molecule has 1 aromatic heterocycles. The lowest BCUT2D eigenvalue weighted by molar-refractivity contribution is 0.476. The first-order valence-electron chi connectivity index (χ1n) is 5.27. The van der Waals surface area contributed by atoms with Gasteiger partial charge in [0.25, 0.3) is 0 Å². The molecule has 3 aromatic rings. The van der Waals surface area contributed by atoms with Crippen molar-refractivity contribution < 1.29 is 5.11 Å². The minimum atomic E-state index is 0.194. The van der Waals surface area contributed by atoms with E-state index in [1.165, 1.54) is 0 Å². The zero-order chi connectivity index (χ0) is 12.7. The fourth-order valence-corrected chi connectivity index (χ4v) is 2.30. The van der Waals surface area contributed by atoms with Crippen LogP contribution in [0, 0.1) is 0 Å². The fourth-order valence-electron chi connectivity index (χ4n) is 1.81. The van der Waals surface area contributed by atoms with Crippen LogP contribution in [-0.4, -0.2) is 15.1 Å². The number of phenolic OH excluding ortho intramolecular Hbond substituents is 1. The molecule has 3 rings (SSSR count). The maximum absolute atomic E-state index is 9.41. The quantitative estimate of drug-likeness (QED) is 0.699. The van der Waals surface area contributed by atoms with Gasteiger partial charge in [0.2, 0.25) is 0 Å². The first-order chi connectivity index (χ1) is 8.63. The molecular formula is C13H8Cl2N2O. The van der Waals surface area contributed by atoms with Gasteiger partial charge in [-0.1, -0.05) is 23.2 Å². The fraction of sp³-hybridized carbons (Fsp3) is 0. The molecule has 0 spiro atoms. The van der Waals surface area contributed by atoms with E-state index in [0.29, 0.717) is 15.9 Å². The molecule has 0 aliphatic rings. The molecular weight excluding hydrogens is 271 g/mol. The normalized spacial score (nSPS) is 11.0. The van der Waals surface area contributed by atoms with Gasteiger partial charge in [0, 0.05) is 16.7 Å². The summed E-state index contributed by atoms with van der Waals surface area (Å²) in [6.07, 6.45) is 0. The van der Waals surface area contributed by atoms with Crippen molar-refractivity contribution in [1.29, 1.82) is 0 Å². The number of phenols is 1. The van der Waals surface area contributed by atoms with Gasteiger partial charge < -0.3 is 10.1 Å². The molecule has 3 nitrogen and oxygen atoms in total. The SMILES string of the molecule is Oc1ccc2nc(-c3ccc(Cl)cc3Cl)[nH]c2c1. The van der Waals surface area contributed by atoms with E-state index in [1.54, 1.807) is 30.3 Å². The number of H-pyrrole nitrogens is 1. The van der Waals surface area contributed by atoms with Crippen LogP contribution in [-0.2, 0) is 0 Å². The highest BCUT2D eigenvalue weighted by Crippen LogP contribution is 2.30. The third-order valence-corrected chi connectivity index (χ3v) is 3.20. The van der Waals surface area contributed by atoms with Gasteiger partial charge in [-0.05, 0) is 30.3 Å². The first kappa shape index (κ1) is 11.4. The van der Waals surface area contributed by atoms with Crippen LogP contribution < -0.4 is 0 Å². The lowest BCUT2D eigenvalue weighted by Crippen LogP contribution is -1.81. The number of fused-ring (bicyclic) bond motifs is 1. The summed E-state index contributed by atoms with van der Waals surface area (Å²) in [6.45, 7) is 0. The van der Waals surface area contributed by atoms with Crippen molar-refractivity contribution in [3.63, 3.8) is 0 Å². The number of benzene rings is 2. The molecule has 0 saturated heterocycles. The van der Waals surface area contributed by atoms with Crippen LogP contribution in [0.2, 0.25) is 10.0 Å². The van der Waals surface area contributed by atoms with Crippen molar-refractivity contribution in [3.05, 3.63) is 46.4 Å². The molecule has 0 aliphatic carbocycles. The van der Waals surface area contributed by atoms with E-state index in [0.717, 1.165) is 16.6 Å². The maximum atomic E-state index is 9.41. The Morgan fingerprint density at radius 2 is 1.89 bits per heavy atom. The van der Waals surface area contributed by atoms with Crippen LogP contribution in [0.3, 0.4) is 0 Å². The molecule has 0 radical (unpaired) electrons. The van der Waals surface area contributed by atoms with Crippen LogP contribution >= 0.6 is 23.2 Å². The minimum absolute atomic E-state index is 0.194. The number of nitrogens with one attached hydrogen (secondary N) is 1. The molecule has 90 valence electrons. The van der Waals surface area contributed by atoms with E-state index in [2.05, 4.69) is 9.97 Å². The van der Waals surface area contributed by atoms with E-state index in [4.69, 9.17) is 23.2 Å². The van der Waals surface area contributed by atoms with Crippen molar-refractivity contribution in [3.8, 4) is 17.1 Å². The van der Waals surface area contributed by atoms with E-state index >= 15 is 0 Å². The second kappa shape index (κ2) is 4.19. The molecule has 1 heterocycles. The summed E-state index contributed by atoms with van der Waals surface area (Å²) >= 11 is 12.0. The number of nitrogens with zero attached hydrogens (tertiary/aromatic N) is 1. The topological polar surface area (TPSA) is 48.9 Å². The lowest BCUT2D eigenvalue weighted by atomic mass is 10.2. The molecule has 0 aliphatic heterocycles. The zero-order valence-corrected chi connectivity index (χ0v) is 10.6. The summed E-state index contributed by atoms with van der Waals surface area (Å²) in [5.41, 5.74) is 2.31. The molecule has 5 heteroatoms. The molecule has 0 saturated carbocycles. The van der Waals surface area contributed by atoms with E-state index in [-0.39, 0.29) is 5.75 Å². The Kier molecular flexibility index (Phi) is 2.65. The molecule has 0 atom stereocenters. The Bertz CT molecular complexity index is 737. The summed E-state index contributed by atoms with van der Waals surface area (Å²) in [6, 6.07) is 10.2. The molecule has 0 fully saturated rings. The number of aromatic amines is 1. The van der Waals surface area contributed by atoms with E-state index in [9.17, 15) is 5.11 Å². The second-order valence-corrected chi connectivity index (χ2v) is 4.75. The number of aromatic nitrogens is 2. The van der Waals surface area contributed by atoms with E-state index < -0.39 is 0 Å². The molecule has 2 aromatic carbocycles. The molecule has 0 amide bonds. The highest BCUT2D eigenvalue weighted by molar-refractivity contribution is 6.36. The Morgan fingerprint density at radius 1 is 1.06 bits per heavy atom. The molecule has 2 N–H and O–H groups in total. The number of aromatic hydroxyl groups is 1. The van der Waals surface area contributed by atoms with Crippen molar-refractivity contribution >= 4 is 34.2 Å². The van der Waals surface area contributed by atoms with Crippen molar-refractivity contribution in [1.82, 2.24) is 9.97 Å². The molecule has 0 unspecified atom stereocenters. The van der Waals surface area contributed by atoms with Crippen molar-refractivity contribution in [2.45, 2.75) is 0 Å². The van der Waals surface area contributed by atoms with E-state index in [1.807, 2.05) is 6.07 Å². The average molecular weight is 279 g/mol. The van der Waals surface area contributed by atoms with Crippen LogP contribution in [0.4, 0.5) is 0 Å². The Morgan fingerprint density at radius 3 is 2.67 bits per heavy atom. The number of imidazole rings is 1. The summed E-state index contributed by atoms with van der Waals surface area (Å²) in [7, 11) is 0. The summed E-state index contributed by atoms with van der Waals surface area (Å²) in [5.74, 6) is 0.845. The number of hydrogen-bond donors (Lipinski definition) is 2. The smallest absolute Gasteiger partial charge is 0.140 e. The molecule has 0 bridgehead atoms. The van der Waals surface area contributed by atoms with Gasteiger partial charge in [-0.3, -0.25) is 0 Å². The first-order valence-corrected chi connectivity index (χ1v) is 6.03. The monoisotopic (exact) mass is 278 g/mol. The van der Waals surface area contributed by atoms with Crippen molar-refractivity contribution in [2.24, 2.45) is 0 Å². The third-order valence-electron chi connectivity index (χ3n) is 2.65. The second-order valence-electron chi connectivity index (χ2n) is 3.91. The predicted molar refractivity (Wildman–Crippen MR) is 73.2 cm³/mol. The predicted octanol–water partition coefficient (Wildman–Crippen LogP) is 4.24. The van der Waals surface area contributed by atoms with Gasteiger partial charge in [-0.15, -0.1) is 0 Å². The summed E-state index contributed by atoms with van der Waals surface area (Å²) in [4.78, 5) is 7.53. The lowest BCUT2D eigenvalue weighted by Gasteiger charge is -2.00. The van der Waals surface area contributed by atoms with Gasteiger partial charge in [0.05, 0.1) is 16.1 Å². The van der Waals surface area contributed by atoms with Crippen molar-refractivity contribution in [2.75, 3.05) is 0 Å². The van der Waals surface area contributed by atoms with Gasteiger partial charge in [0.1, 0.15) is 11.6 Å². The Hall–Kier alpha value is -1.71. The maximum Gasteiger partial charge on any atom is 0.140 e. The standard InChI is InChI=1S/C13H8Cl2N2O/c14-7-1-3-9(10(15)5-7)13-16-11-4-2-8(18)6-12(11)17-13/h1-6,18H,(H,16,17). The number of halogens is 2. The Balaban J connectivity index is 2.19. The van der Waals surface area contributed by atoms with Crippen LogP contribution in [0.25, 0.3) is 22.4 Å². The Labute approximate surface area is 113 Å². The van der Waals surface area contributed by atoms with Crippen LogP contribution in [0.1, 0.15) is 0 Å². The summed E-state index contributed by atoms with van der Waals surface area (Å²) in [5, 5.41) is 10.5. The van der Waals surface area contributed by atoms with Gasteiger partial charge >= 0.3 is 0 Å². The van der Waals surface area contributed by atoms with Crippen LogP contribution in [0.5, 0.6) is 5.75 Å². The molecule has 18 heavy (non-hydrogen) atoms. The van der Waals surface area contributed by atoms with Gasteiger partial charge in [-0.25, -0.2) is 4.98 Å². The van der Waals surface area contributed by atoms with Gasteiger partial charge in [0.15, 0.2) is 0 Å². The third kappa shape index (κ3) is 1.92. The number of rotatable bonds is 1. The van der Waals surface area contributed by atoms with Gasteiger partial charge in [-0.2, -0.15) is 0 Å². The zero-order valence-electron chi connectivity index (χ0n) is 9.11. The number of hydrogen-bond acceptors (Lipinski definition) is 2. The average Bonchev–Trinajstić information content (AvgIpc) is 2.71. The minimum Gasteiger partial charge on any atom is -0.508 e. The van der Waals surface area contributed by atoms with Crippen LogP contribution in [0.15, 0.2) is 36.4 Å². The largest absolute Gasteiger partial charge is 0.508 e. The summed E-state index contributed by atoms with van der Waals surface area (Å²) < 4.78 is 0.